The Morgan fingerprint density at radius 3 is 2.62 bits per heavy atom. The molecule has 4 nitrogen and oxygen atoms in total. The average Bonchev–Trinajstić information content (AvgIpc) is 2.58. The predicted molar refractivity (Wildman–Crippen MR) is 103 cm³/mol. The number of nitrogens with one attached hydrogen (secondary N) is 1. The fourth-order valence-corrected chi connectivity index (χ4v) is 2.72. The number of rotatable bonds is 8. The SMILES string of the molecule is Cc1cccc(C(C)C)c1NC(=O)CN(C)CCOc1ccccc1F. The third kappa shape index (κ3) is 5.56. The molecule has 0 atom stereocenters. The van der Waals surface area contributed by atoms with E-state index in [9.17, 15) is 9.18 Å². The Hall–Kier alpha value is -2.40. The summed E-state index contributed by atoms with van der Waals surface area (Å²) in [5, 5.41) is 3.03. The number of nitrogens with zero attached hydrogens (tertiary/aromatic N) is 1. The van der Waals surface area contributed by atoms with Gasteiger partial charge >= 0.3 is 0 Å². The Kier molecular flexibility index (Phi) is 7.16. The van der Waals surface area contributed by atoms with Crippen molar-refractivity contribution in [2.75, 3.05) is 32.1 Å². The maximum Gasteiger partial charge on any atom is 0.238 e. The van der Waals surface area contributed by atoms with Gasteiger partial charge in [0.25, 0.3) is 0 Å². The second-order valence-corrected chi connectivity index (χ2v) is 6.76. The molecule has 2 aromatic carbocycles. The molecule has 0 spiro atoms. The van der Waals surface area contributed by atoms with Gasteiger partial charge in [0.05, 0.1) is 6.54 Å². The first kappa shape index (κ1) is 19.9. The topological polar surface area (TPSA) is 41.6 Å². The lowest BCUT2D eigenvalue weighted by molar-refractivity contribution is -0.117. The standard InChI is InChI=1S/C21H27FN2O2/c1-15(2)17-9-7-8-16(3)21(17)23-20(25)14-24(4)12-13-26-19-11-6-5-10-18(19)22/h5-11,15H,12-14H2,1-4H3,(H,23,25). The summed E-state index contributed by atoms with van der Waals surface area (Å²) in [4.78, 5) is 14.2. The van der Waals surface area contributed by atoms with Crippen LogP contribution in [0.5, 0.6) is 5.75 Å². The van der Waals surface area contributed by atoms with Gasteiger partial charge in [-0.1, -0.05) is 44.2 Å². The van der Waals surface area contributed by atoms with E-state index in [-0.39, 0.29) is 24.0 Å². The van der Waals surface area contributed by atoms with E-state index in [4.69, 9.17) is 4.74 Å². The van der Waals surface area contributed by atoms with Crippen LogP contribution in [0.2, 0.25) is 0 Å². The lowest BCUT2D eigenvalue weighted by atomic mass is 9.98. The Bertz CT molecular complexity index is 747. The van der Waals surface area contributed by atoms with Crippen molar-refractivity contribution in [1.29, 1.82) is 0 Å². The minimum atomic E-state index is -0.381. The summed E-state index contributed by atoms with van der Waals surface area (Å²) < 4.78 is 18.9. The highest BCUT2D eigenvalue weighted by Crippen LogP contribution is 2.27. The van der Waals surface area contributed by atoms with Crippen LogP contribution in [-0.4, -0.2) is 37.6 Å². The lowest BCUT2D eigenvalue weighted by Crippen LogP contribution is -2.33. The largest absolute Gasteiger partial charge is 0.489 e. The second-order valence-electron chi connectivity index (χ2n) is 6.76. The molecule has 1 N–H and O–H groups in total. The van der Waals surface area contributed by atoms with Crippen molar-refractivity contribution in [3.8, 4) is 5.75 Å². The lowest BCUT2D eigenvalue weighted by Gasteiger charge is -2.19. The summed E-state index contributed by atoms with van der Waals surface area (Å²) in [5.74, 6) is 0.104. The molecule has 0 saturated heterocycles. The quantitative estimate of drug-likeness (QED) is 0.769. The summed E-state index contributed by atoms with van der Waals surface area (Å²) in [7, 11) is 1.84. The number of para-hydroxylation sites is 2. The van der Waals surface area contributed by atoms with Gasteiger partial charge in [-0.3, -0.25) is 9.69 Å². The summed E-state index contributed by atoms with van der Waals surface area (Å²) in [6.45, 7) is 7.28. The van der Waals surface area contributed by atoms with Gasteiger partial charge in [-0.15, -0.1) is 0 Å². The zero-order valence-corrected chi connectivity index (χ0v) is 15.9. The highest BCUT2D eigenvalue weighted by molar-refractivity contribution is 5.93. The molecule has 0 aliphatic carbocycles. The number of benzene rings is 2. The zero-order valence-electron chi connectivity index (χ0n) is 15.9. The minimum absolute atomic E-state index is 0.0745. The monoisotopic (exact) mass is 358 g/mol. The van der Waals surface area contributed by atoms with E-state index in [1.54, 1.807) is 18.2 Å². The van der Waals surface area contributed by atoms with Crippen LogP contribution >= 0.6 is 0 Å². The van der Waals surface area contributed by atoms with E-state index in [0.717, 1.165) is 16.8 Å². The van der Waals surface area contributed by atoms with Crippen molar-refractivity contribution < 1.29 is 13.9 Å². The summed E-state index contributed by atoms with van der Waals surface area (Å²) >= 11 is 0. The number of anilines is 1. The van der Waals surface area contributed by atoms with Crippen molar-refractivity contribution in [2.24, 2.45) is 0 Å². The number of ether oxygens (including phenoxy) is 1. The molecular weight excluding hydrogens is 331 g/mol. The number of carbonyl (C=O) groups is 1. The molecule has 5 heteroatoms. The van der Waals surface area contributed by atoms with Crippen molar-refractivity contribution in [2.45, 2.75) is 26.7 Å². The van der Waals surface area contributed by atoms with Crippen molar-refractivity contribution >= 4 is 11.6 Å². The fourth-order valence-electron chi connectivity index (χ4n) is 2.72. The molecule has 1 amide bonds. The normalized spacial score (nSPS) is 11.0. The van der Waals surface area contributed by atoms with Crippen molar-refractivity contribution in [3.05, 3.63) is 59.4 Å². The summed E-state index contributed by atoms with van der Waals surface area (Å²) in [6.07, 6.45) is 0. The van der Waals surface area contributed by atoms with Gasteiger partial charge in [-0.05, 0) is 43.1 Å². The summed E-state index contributed by atoms with van der Waals surface area (Å²) in [6, 6.07) is 12.3. The molecule has 2 aromatic rings. The van der Waals surface area contributed by atoms with Gasteiger partial charge in [0.2, 0.25) is 5.91 Å². The van der Waals surface area contributed by atoms with Crippen LogP contribution < -0.4 is 10.1 Å². The van der Waals surface area contributed by atoms with Gasteiger partial charge in [0.15, 0.2) is 11.6 Å². The second kappa shape index (κ2) is 9.34. The third-order valence-corrected chi connectivity index (χ3v) is 4.17. The number of aryl methyl sites for hydroxylation is 1. The number of hydrogen-bond acceptors (Lipinski definition) is 3. The molecule has 26 heavy (non-hydrogen) atoms. The predicted octanol–water partition coefficient (Wildman–Crippen LogP) is 4.21. The van der Waals surface area contributed by atoms with E-state index >= 15 is 0 Å². The van der Waals surface area contributed by atoms with Crippen LogP contribution in [0.4, 0.5) is 10.1 Å². The first-order valence-corrected chi connectivity index (χ1v) is 8.83. The third-order valence-electron chi connectivity index (χ3n) is 4.17. The summed E-state index contributed by atoms with van der Waals surface area (Å²) in [5.41, 5.74) is 3.07. The van der Waals surface area contributed by atoms with Gasteiger partial charge in [0.1, 0.15) is 6.61 Å². The highest BCUT2D eigenvalue weighted by Gasteiger charge is 2.13. The van der Waals surface area contributed by atoms with E-state index < -0.39 is 0 Å². The van der Waals surface area contributed by atoms with E-state index in [1.807, 2.05) is 37.1 Å². The molecule has 140 valence electrons. The molecule has 0 aliphatic rings. The Balaban J connectivity index is 1.85. The van der Waals surface area contributed by atoms with E-state index in [0.29, 0.717) is 19.1 Å². The van der Waals surface area contributed by atoms with E-state index in [1.165, 1.54) is 6.07 Å². The minimum Gasteiger partial charge on any atom is -0.489 e. The number of hydrogen-bond donors (Lipinski definition) is 1. The van der Waals surface area contributed by atoms with Gasteiger partial charge in [0, 0.05) is 12.2 Å². The molecule has 0 fully saturated rings. The fraction of sp³-hybridized carbons (Fsp3) is 0.381. The Morgan fingerprint density at radius 2 is 1.92 bits per heavy atom. The Labute approximate surface area is 155 Å². The van der Waals surface area contributed by atoms with Gasteiger partial charge in [-0.25, -0.2) is 4.39 Å². The number of likely N-dealkylation sites (N-methyl/N-ethyl adjacent to an activating group) is 1. The van der Waals surface area contributed by atoms with Crippen molar-refractivity contribution in [1.82, 2.24) is 4.90 Å². The first-order chi connectivity index (χ1) is 12.4. The van der Waals surface area contributed by atoms with Crippen LogP contribution in [0.15, 0.2) is 42.5 Å². The Morgan fingerprint density at radius 1 is 1.19 bits per heavy atom. The molecule has 0 aliphatic heterocycles. The average molecular weight is 358 g/mol. The van der Waals surface area contributed by atoms with Crippen LogP contribution in [0.25, 0.3) is 0 Å². The molecular formula is C21H27FN2O2. The van der Waals surface area contributed by atoms with Gasteiger partial charge in [-0.2, -0.15) is 0 Å². The van der Waals surface area contributed by atoms with Gasteiger partial charge < -0.3 is 10.1 Å². The van der Waals surface area contributed by atoms with Crippen LogP contribution in [0, 0.1) is 12.7 Å². The smallest absolute Gasteiger partial charge is 0.238 e. The van der Waals surface area contributed by atoms with Crippen molar-refractivity contribution in [3.63, 3.8) is 0 Å². The van der Waals surface area contributed by atoms with Crippen LogP contribution in [0.1, 0.15) is 30.9 Å². The van der Waals surface area contributed by atoms with E-state index in [2.05, 4.69) is 19.2 Å². The number of carbonyl (C=O) groups excluding carboxylic acids is 1. The molecule has 0 saturated carbocycles. The molecule has 0 aromatic heterocycles. The zero-order chi connectivity index (χ0) is 19.1. The maximum atomic E-state index is 13.5. The number of halogens is 1. The molecule has 0 unspecified atom stereocenters. The highest BCUT2D eigenvalue weighted by atomic mass is 19.1. The molecule has 0 radical (unpaired) electrons. The maximum absolute atomic E-state index is 13.5. The number of amides is 1. The van der Waals surface area contributed by atoms with Crippen LogP contribution in [0.3, 0.4) is 0 Å². The van der Waals surface area contributed by atoms with Crippen LogP contribution in [-0.2, 0) is 4.79 Å². The molecule has 0 heterocycles. The first-order valence-electron chi connectivity index (χ1n) is 8.83. The molecule has 2 rings (SSSR count). The molecule has 0 bridgehead atoms.